The fourth-order valence-electron chi connectivity index (χ4n) is 2.03. The second-order valence-electron chi connectivity index (χ2n) is 3.74. The number of alkyl halides is 2. The Kier molecular flexibility index (Phi) is 4.45. The van der Waals surface area contributed by atoms with Gasteiger partial charge in [-0.3, -0.25) is 0 Å². The maximum atomic E-state index is 9.34. The lowest BCUT2D eigenvalue weighted by molar-refractivity contribution is 0.280. The number of halogens is 2. The van der Waals surface area contributed by atoms with Gasteiger partial charge < -0.3 is 5.11 Å². The van der Waals surface area contributed by atoms with Gasteiger partial charge in [0.15, 0.2) is 0 Å². The molecular weight excluding hydrogens is 231 g/mol. The van der Waals surface area contributed by atoms with E-state index < -0.39 is 0 Å². The van der Waals surface area contributed by atoms with Crippen molar-refractivity contribution in [3.05, 3.63) is 33.4 Å². The number of hydrogen-bond donors (Lipinski definition) is 1. The molecule has 3 heteroatoms. The van der Waals surface area contributed by atoms with E-state index in [-0.39, 0.29) is 6.61 Å². The maximum Gasteiger partial charge on any atom is 0.0687 e. The van der Waals surface area contributed by atoms with E-state index in [4.69, 9.17) is 23.2 Å². The van der Waals surface area contributed by atoms with Crippen LogP contribution in [-0.4, -0.2) is 5.11 Å². The summed E-state index contributed by atoms with van der Waals surface area (Å²) in [4.78, 5) is 0. The molecule has 1 rings (SSSR count). The topological polar surface area (TPSA) is 20.2 Å². The van der Waals surface area contributed by atoms with Gasteiger partial charge in [0, 0.05) is 11.8 Å². The molecule has 0 unspecified atom stereocenters. The van der Waals surface area contributed by atoms with Gasteiger partial charge in [-0.2, -0.15) is 0 Å². The molecule has 0 amide bonds. The first-order chi connectivity index (χ1) is 7.08. The Morgan fingerprint density at radius 3 is 1.40 bits per heavy atom. The highest BCUT2D eigenvalue weighted by Gasteiger charge is 2.14. The fourth-order valence-corrected chi connectivity index (χ4v) is 2.83. The zero-order valence-corrected chi connectivity index (χ0v) is 10.8. The summed E-state index contributed by atoms with van der Waals surface area (Å²) in [5.41, 5.74) is 6.51. The number of rotatable bonds is 3. The summed E-state index contributed by atoms with van der Waals surface area (Å²) in [5, 5.41) is 9.34. The van der Waals surface area contributed by atoms with Gasteiger partial charge >= 0.3 is 0 Å². The molecule has 0 bridgehead atoms. The Balaban J connectivity index is 3.57. The fraction of sp³-hybridized carbons (Fsp3) is 0.500. The van der Waals surface area contributed by atoms with E-state index in [9.17, 15) is 5.11 Å². The highest BCUT2D eigenvalue weighted by molar-refractivity contribution is 6.18. The van der Waals surface area contributed by atoms with Crippen LogP contribution in [0.5, 0.6) is 0 Å². The van der Waals surface area contributed by atoms with Crippen LogP contribution in [0, 0.1) is 20.8 Å². The summed E-state index contributed by atoms with van der Waals surface area (Å²) < 4.78 is 0. The lowest BCUT2D eigenvalue weighted by Gasteiger charge is -2.19. The van der Waals surface area contributed by atoms with E-state index in [1.165, 1.54) is 0 Å². The van der Waals surface area contributed by atoms with Crippen LogP contribution < -0.4 is 0 Å². The summed E-state index contributed by atoms with van der Waals surface area (Å²) >= 11 is 11.8. The first kappa shape index (κ1) is 12.8. The van der Waals surface area contributed by atoms with Crippen molar-refractivity contribution in [2.75, 3.05) is 0 Å². The highest BCUT2D eigenvalue weighted by Crippen LogP contribution is 2.29. The Labute approximate surface area is 101 Å². The van der Waals surface area contributed by atoms with Crippen molar-refractivity contribution in [2.24, 2.45) is 0 Å². The average molecular weight is 247 g/mol. The van der Waals surface area contributed by atoms with Crippen LogP contribution in [-0.2, 0) is 18.4 Å². The van der Waals surface area contributed by atoms with Crippen molar-refractivity contribution < 1.29 is 5.11 Å². The Morgan fingerprint density at radius 1 is 0.800 bits per heavy atom. The van der Waals surface area contributed by atoms with E-state index in [2.05, 4.69) is 0 Å². The second kappa shape index (κ2) is 5.20. The predicted molar refractivity (Wildman–Crippen MR) is 65.7 cm³/mol. The maximum absolute atomic E-state index is 9.34. The molecule has 0 aromatic heterocycles. The van der Waals surface area contributed by atoms with Gasteiger partial charge in [0.05, 0.1) is 6.61 Å². The molecule has 0 atom stereocenters. The van der Waals surface area contributed by atoms with Gasteiger partial charge in [-0.05, 0) is 54.2 Å². The van der Waals surface area contributed by atoms with Gasteiger partial charge in [-0.15, -0.1) is 23.2 Å². The first-order valence-corrected chi connectivity index (χ1v) is 5.98. The van der Waals surface area contributed by atoms with E-state index in [0.29, 0.717) is 11.8 Å². The minimum absolute atomic E-state index is 0.0473. The normalized spacial score (nSPS) is 10.8. The molecule has 1 aromatic rings. The molecule has 84 valence electrons. The lowest BCUT2D eigenvalue weighted by atomic mass is 9.90. The quantitative estimate of drug-likeness (QED) is 0.809. The minimum atomic E-state index is 0.0473. The lowest BCUT2D eigenvalue weighted by Crippen LogP contribution is -2.05. The molecule has 0 aliphatic rings. The van der Waals surface area contributed by atoms with Crippen LogP contribution in [0.25, 0.3) is 0 Å². The molecule has 0 aliphatic carbocycles. The molecule has 0 saturated carbocycles. The summed E-state index contributed by atoms with van der Waals surface area (Å²) in [6.07, 6.45) is 0. The minimum Gasteiger partial charge on any atom is -0.392 e. The van der Waals surface area contributed by atoms with Crippen molar-refractivity contribution in [2.45, 2.75) is 39.1 Å². The Morgan fingerprint density at radius 2 is 1.13 bits per heavy atom. The van der Waals surface area contributed by atoms with Gasteiger partial charge in [0.25, 0.3) is 0 Å². The standard InChI is InChI=1S/C12H16Cl2O/c1-7-10(4-13)8(2)12(6-15)9(3)11(7)5-14/h15H,4-6H2,1-3H3. The summed E-state index contributed by atoms with van der Waals surface area (Å²) in [7, 11) is 0. The van der Waals surface area contributed by atoms with Crippen molar-refractivity contribution in [1.29, 1.82) is 0 Å². The van der Waals surface area contributed by atoms with Crippen molar-refractivity contribution in [1.82, 2.24) is 0 Å². The van der Waals surface area contributed by atoms with Gasteiger partial charge in [-0.25, -0.2) is 0 Å². The molecule has 0 radical (unpaired) electrons. The van der Waals surface area contributed by atoms with Crippen LogP contribution in [0.2, 0.25) is 0 Å². The number of benzene rings is 1. The number of hydrogen-bond acceptors (Lipinski definition) is 1. The summed E-state index contributed by atoms with van der Waals surface area (Å²) in [6.45, 7) is 6.09. The van der Waals surface area contributed by atoms with Crippen LogP contribution in [0.1, 0.15) is 33.4 Å². The highest BCUT2D eigenvalue weighted by atomic mass is 35.5. The molecule has 1 nitrogen and oxygen atoms in total. The first-order valence-electron chi connectivity index (χ1n) is 4.91. The third-order valence-electron chi connectivity index (χ3n) is 3.14. The molecule has 0 saturated heterocycles. The van der Waals surface area contributed by atoms with E-state index in [0.717, 1.165) is 33.4 Å². The summed E-state index contributed by atoms with van der Waals surface area (Å²) in [5.74, 6) is 0.934. The molecular formula is C12H16Cl2O. The van der Waals surface area contributed by atoms with Gasteiger partial charge in [0.1, 0.15) is 0 Å². The monoisotopic (exact) mass is 246 g/mol. The summed E-state index contributed by atoms with van der Waals surface area (Å²) in [6, 6.07) is 0. The third kappa shape index (κ3) is 2.15. The van der Waals surface area contributed by atoms with Crippen molar-refractivity contribution in [3.63, 3.8) is 0 Å². The van der Waals surface area contributed by atoms with E-state index in [1.807, 2.05) is 20.8 Å². The third-order valence-corrected chi connectivity index (χ3v) is 3.68. The van der Waals surface area contributed by atoms with Crippen LogP contribution in [0.4, 0.5) is 0 Å². The largest absolute Gasteiger partial charge is 0.392 e. The number of aliphatic hydroxyl groups is 1. The number of aliphatic hydroxyl groups excluding tert-OH is 1. The second-order valence-corrected chi connectivity index (χ2v) is 4.27. The zero-order chi connectivity index (χ0) is 11.6. The zero-order valence-electron chi connectivity index (χ0n) is 9.32. The molecule has 15 heavy (non-hydrogen) atoms. The molecule has 1 aromatic carbocycles. The average Bonchev–Trinajstić information content (AvgIpc) is 2.19. The Hall–Kier alpha value is -0.240. The van der Waals surface area contributed by atoms with Gasteiger partial charge in [0.2, 0.25) is 0 Å². The van der Waals surface area contributed by atoms with Gasteiger partial charge in [-0.1, -0.05) is 0 Å². The molecule has 0 heterocycles. The van der Waals surface area contributed by atoms with Crippen LogP contribution >= 0.6 is 23.2 Å². The SMILES string of the molecule is Cc1c(CO)c(C)c(CCl)c(C)c1CCl. The van der Waals surface area contributed by atoms with Crippen molar-refractivity contribution in [3.8, 4) is 0 Å². The predicted octanol–water partition coefficient (Wildman–Crippen LogP) is 3.58. The van der Waals surface area contributed by atoms with Crippen LogP contribution in [0.15, 0.2) is 0 Å². The van der Waals surface area contributed by atoms with E-state index >= 15 is 0 Å². The van der Waals surface area contributed by atoms with Crippen LogP contribution in [0.3, 0.4) is 0 Å². The smallest absolute Gasteiger partial charge is 0.0687 e. The molecule has 0 fully saturated rings. The molecule has 1 N–H and O–H groups in total. The molecule has 0 spiro atoms. The Bertz CT molecular complexity index is 294. The van der Waals surface area contributed by atoms with E-state index in [1.54, 1.807) is 0 Å². The molecule has 0 aliphatic heterocycles. The van der Waals surface area contributed by atoms with Crippen molar-refractivity contribution >= 4 is 23.2 Å².